The van der Waals surface area contributed by atoms with Gasteiger partial charge in [-0.1, -0.05) is 18.2 Å². The SMILES string of the molecule is CC1=C(C(=O)N=C(N)/C=C\C=N)N2NC(c3ccccc3C(F)(F)F)=CC(Br)=C2N1. The van der Waals surface area contributed by atoms with Gasteiger partial charge in [-0.25, -0.2) is 5.01 Å². The van der Waals surface area contributed by atoms with Gasteiger partial charge >= 0.3 is 6.18 Å². The van der Waals surface area contributed by atoms with E-state index in [9.17, 15) is 18.0 Å². The summed E-state index contributed by atoms with van der Waals surface area (Å²) in [6.07, 6.45) is 0.506. The van der Waals surface area contributed by atoms with E-state index in [1.54, 1.807) is 6.92 Å². The molecule has 156 valence electrons. The van der Waals surface area contributed by atoms with Crippen molar-refractivity contribution >= 4 is 39.6 Å². The highest BCUT2D eigenvalue weighted by Gasteiger charge is 2.38. The number of nitrogens with zero attached hydrogens (tertiary/aromatic N) is 2. The van der Waals surface area contributed by atoms with Crippen molar-refractivity contribution in [1.29, 1.82) is 5.41 Å². The fourth-order valence-electron chi connectivity index (χ4n) is 2.91. The van der Waals surface area contributed by atoms with Gasteiger partial charge in [0.2, 0.25) is 0 Å². The van der Waals surface area contributed by atoms with E-state index in [-0.39, 0.29) is 22.8 Å². The van der Waals surface area contributed by atoms with Crippen LogP contribution < -0.4 is 16.5 Å². The molecule has 0 unspecified atom stereocenters. The molecule has 30 heavy (non-hydrogen) atoms. The van der Waals surface area contributed by atoms with Crippen LogP contribution in [0.15, 0.2) is 69.2 Å². The summed E-state index contributed by atoms with van der Waals surface area (Å²) >= 11 is 3.34. The average Bonchev–Trinajstić information content (AvgIpc) is 3.02. The van der Waals surface area contributed by atoms with Crippen LogP contribution >= 0.6 is 15.9 Å². The highest BCUT2D eigenvalue weighted by molar-refractivity contribution is 9.11. The van der Waals surface area contributed by atoms with Gasteiger partial charge in [-0.3, -0.25) is 10.2 Å². The molecule has 3 rings (SSSR count). The number of rotatable bonds is 4. The van der Waals surface area contributed by atoms with Gasteiger partial charge in [-0.2, -0.15) is 18.2 Å². The molecule has 0 spiro atoms. The van der Waals surface area contributed by atoms with Gasteiger partial charge in [-0.05, 0) is 47.1 Å². The molecule has 1 aromatic rings. The van der Waals surface area contributed by atoms with Crippen molar-refractivity contribution in [1.82, 2.24) is 15.8 Å². The number of carbonyl (C=O) groups excluding carboxylic acids is 1. The smallest absolute Gasteiger partial charge is 0.384 e. The molecule has 1 amide bonds. The molecular weight excluding hydrogens is 465 g/mol. The summed E-state index contributed by atoms with van der Waals surface area (Å²) in [5.74, 6) is -0.399. The zero-order valence-corrected chi connectivity index (χ0v) is 17.1. The fourth-order valence-corrected chi connectivity index (χ4v) is 3.42. The molecule has 0 aromatic heterocycles. The zero-order chi connectivity index (χ0) is 22.1. The lowest BCUT2D eigenvalue weighted by atomic mass is 10.0. The number of allylic oxidation sites excluding steroid dienone is 4. The highest BCUT2D eigenvalue weighted by atomic mass is 79.9. The summed E-state index contributed by atoms with van der Waals surface area (Å²) in [6, 6.07) is 5.13. The van der Waals surface area contributed by atoms with Gasteiger partial charge < -0.3 is 16.5 Å². The predicted octanol–water partition coefficient (Wildman–Crippen LogP) is 3.35. The Morgan fingerprint density at radius 3 is 2.70 bits per heavy atom. The van der Waals surface area contributed by atoms with Crippen LogP contribution in [0, 0.1) is 5.41 Å². The summed E-state index contributed by atoms with van der Waals surface area (Å²) < 4.78 is 40.8. The predicted molar refractivity (Wildman–Crippen MR) is 111 cm³/mol. The monoisotopic (exact) mass is 480 g/mol. The van der Waals surface area contributed by atoms with Crippen LogP contribution in [-0.2, 0) is 11.0 Å². The number of fused-ring (bicyclic) bond motifs is 1. The Kier molecular flexibility index (Phi) is 5.83. The van der Waals surface area contributed by atoms with E-state index < -0.39 is 17.6 Å². The standard InChI is InChI=1S/C19H16BrF3N6O/c1-10-16(18(30)27-15(25)7-4-8-24)29-17(26-10)13(20)9-14(28-29)11-5-2-3-6-12(11)19(21,22)23/h2-9,24,26,28H,1H3,(H2,25,27,30)/b7-4-,24-8?. The topological polar surface area (TPSA) is 107 Å². The van der Waals surface area contributed by atoms with Crippen LogP contribution in [-0.4, -0.2) is 23.0 Å². The van der Waals surface area contributed by atoms with Crippen molar-refractivity contribution in [3.63, 3.8) is 0 Å². The molecule has 0 saturated heterocycles. The molecule has 11 heteroatoms. The van der Waals surface area contributed by atoms with Crippen molar-refractivity contribution in [3.8, 4) is 0 Å². The molecule has 1 aromatic carbocycles. The van der Waals surface area contributed by atoms with Gasteiger partial charge in [0.1, 0.15) is 11.7 Å². The Bertz CT molecular complexity index is 1070. The maximum absolute atomic E-state index is 13.5. The summed E-state index contributed by atoms with van der Waals surface area (Å²) in [7, 11) is 0. The maximum Gasteiger partial charge on any atom is 0.417 e. The molecule has 0 saturated carbocycles. The third-order valence-corrected chi connectivity index (χ3v) is 4.76. The van der Waals surface area contributed by atoms with Crippen LogP contribution in [0.2, 0.25) is 0 Å². The molecule has 0 atom stereocenters. The number of carbonyl (C=O) groups is 1. The molecule has 0 radical (unpaired) electrons. The summed E-state index contributed by atoms with van der Waals surface area (Å²) in [4.78, 5) is 16.5. The number of amides is 1. The van der Waals surface area contributed by atoms with Crippen molar-refractivity contribution in [3.05, 3.63) is 75.3 Å². The van der Waals surface area contributed by atoms with Crippen molar-refractivity contribution in [2.24, 2.45) is 10.7 Å². The third kappa shape index (κ3) is 4.15. The summed E-state index contributed by atoms with van der Waals surface area (Å²) in [6.45, 7) is 1.63. The molecule has 2 aliphatic heterocycles. The first-order valence-electron chi connectivity index (χ1n) is 8.52. The largest absolute Gasteiger partial charge is 0.417 e. The van der Waals surface area contributed by atoms with Gasteiger partial charge in [0, 0.05) is 17.5 Å². The normalized spacial score (nSPS) is 17.0. The average molecular weight is 481 g/mol. The number of hydrazine groups is 1. The second kappa shape index (κ2) is 8.19. The lowest BCUT2D eigenvalue weighted by Gasteiger charge is -2.30. The van der Waals surface area contributed by atoms with E-state index >= 15 is 0 Å². The Balaban J connectivity index is 1.99. The van der Waals surface area contributed by atoms with Crippen LogP contribution in [0.1, 0.15) is 18.1 Å². The first kappa shape index (κ1) is 21.4. The maximum atomic E-state index is 13.5. The minimum atomic E-state index is -4.55. The molecule has 2 aliphatic rings. The number of benzene rings is 1. The van der Waals surface area contributed by atoms with Crippen LogP contribution in [0.25, 0.3) is 5.70 Å². The van der Waals surface area contributed by atoms with E-state index in [2.05, 4.69) is 31.7 Å². The van der Waals surface area contributed by atoms with Gasteiger partial charge in [0.05, 0.1) is 15.7 Å². The van der Waals surface area contributed by atoms with Crippen molar-refractivity contribution in [2.75, 3.05) is 0 Å². The van der Waals surface area contributed by atoms with Crippen LogP contribution in [0.3, 0.4) is 0 Å². The van der Waals surface area contributed by atoms with E-state index in [0.29, 0.717) is 16.0 Å². The molecular formula is C19H16BrF3N6O. The number of nitrogens with one attached hydrogen (secondary N) is 3. The second-order valence-electron chi connectivity index (χ2n) is 6.21. The van der Waals surface area contributed by atoms with Crippen LogP contribution in [0.4, 0.5) is 13.2 Å². The van der Waals surface area contributed by atoms with Crippen LogP contribution in [0.5, 0.6) is 0 Å². The molecule has 2 heterocycles. The number of aliphatic imine (C=N–C) groups is 1. The molecule has 0 bridgehead atoms. The lowest BCUT2D eigenvalue weighted by molar-refractivity contribution is -0.137. The van der Waals surface area contributed by atoms with E-state index in [0.717, 1.165) is 12.3 Å². The molecule has 7 nitrogen and oxygen atoms in total. The molecule has 0 fully saturated rings. The lowest BCUT2D eigenvalue weighted by Crippen LogP contribution is -2.39. The number of amidine groups is 1. The quantitative estimate of drug-likeness (QED) is 0.390. The number of hydrogen-bond donors (Lipinski definition) is 4. The third-order valence-electron chi connectivity index (χ3n) is 4.16. The number of halogens is 4. The molecule has 0 aliphatic carbocycles. The Morgan fingerprint density at radius 2 is 2.03 bits per heavy atom. The highest BCUT2D eigenvalue weighted by Crippen LogP contribution is 2.38. The Morgan fingerprint density at radius 1 is 1.33 bits per heavy atom. The number of hydrogen-bond acceptors (Lipinski definition) is 5. The zero-order valence-electron chi connectivity index (χ0n) is 15.5. The van der Waals surface area contributed by atoms with Gasteiger partial charge in [0.15, 0.2) is 5.70 Å². The fraction of sp³-hybridized carbons (Fsp3) is 0.105. The first-order valence-corrected chi connectivity index (χ1v) is 9.31. The summed E-state index contributed by atoms with van der Waals surface area (Å²) in [5.41, 5.74) is 8.27. The number of nitrogens with two attached hydrogens (primary N) is 1. The Hall–Kier alpha value is -3.34. The van der Waals surface area contributed by atoms with Crippen molar-refractivity contribution in [2.45, 2.75) is 13.1 Å². The number of alkyl halides is 3. The minimum absolute atomic E-state index is 0.0724. The summed E-state index contributed by atoms with van der Waals surface area (Å²) in [5, 5.41) is 11.3. The van der Waals surface area contributed by atoms with Crippen molar-refractivity contribution < 1.29 is 18.0 Å². The van der Waals surface area contributed by atoms with Gasteiger partial charge in [-0.15, -0.1) is 0 Å². The van der Waals surface area contributed by atoms with E-state index in [1.807, 2.05) is 0 Å². The second-order valence-corrected chi connectivity index (χ2v) is 7.07. The molecule has 5 N–H and O–H groups in total. The van der Waals surface area contributed by atoms with E-state index in [4.69, 9.17) is 11.1 Å². The van der Waals surface area contributed by atoms with Gasteiger partial charge in [0.25, 0.3) is 5.91 Å². The minimum Gasteiger partial charge on any atom is -0.384 e. The first-order chi connectivity index (χ1) is 14.1. The van der Waals surface area contributed by atoms with E-state index in [1.165, 1.54) is 41.4 Å². The Labute approximate surface area is 178 Å².